The molecule has 2 rings (SSSR count). The van der Waals surface area contributed by atoms with Crippen LogP contribution in [0.1, 0.15) is 30.6 Å². The molecule has 3 nitrogen and oxygen atoms in total. The Morgan fingerprint density at radius 1 is 1.35 bits per heavy atom. The summed E-state index contributed by atoms with van der Waals surface area (Å²) in [5, 5.41) is 2.45. The highest BCUT2D eigenvalue weighted by Crippen LogP contribution is 2.26. The molecule has 1 saturated heterocycles. The van der Waals surface area contributed by atoms with Crippen LogP contribution in [0.3, 0.4) is 0 Å². The third-order valence-corrected chi connectivity index (χ3v) is 3.99. The SMILES string of the molecule is CNc1c(F)cc(C(=O)N2CCC(C(C)C)C2)cc1F. The smallest absolute Gasteiger partial charge is 0.254 e. The van der Waals surface area contributed by atoms with Gasteiger partial charge in [0.25, 0.3) is 5.91 Å². The second kappa shape index (κ2) is 5.77. The molecule has 0 aromatic heterocycles. The number of hydrogen-bond donors (Lipinski definition) is 1. The number of carbonyl (C=O) groups excluding carboxylic acids is 1. The van der Waals surface area contributed by atoms with E-state index >= 15 is 0 Å². The fourth-order valence-electron chi connectivity index (χ4n) is 2.63. The van der Waals surface area contributed by atoms with E-state index < -0.39 is 11.6 Å². The molecule has 20 heavy (non-hydrogen) atoms. The summed E-state index contributed by atoms with van der Waals surface area (Å²) in [7, 11) is 1.44. The highest BCUT2D eigenvalue weighted by Gasteiger charge is 2.29. The predicted octanol–water partition coefficient (Wildman–Crippen LogP) is 3.12. The first-order chi connectivity index (χ1) is 9.43. The van der Waals surface area contributed by atoms with Gasteiger partial charge in [0.1, 0.15) is 17.3 Å². The van der Waals surface area contributed by atoms with Crippen molar-refractivity contribution in [3.63, 3.8) is 0 Å². The molecule has 1 aliphatic heterocycles. The Kier molecular flexibility index (Phi) is 4.26. The zero-order chi connectivity index (χ0) is 14.9. The van der Waals surface area contributed by atoms with E-state index in [1.165, 1.54) is 7.05 Å². The van der Waals surface area contributed by atoms with E-state index in [0.29, 0.717) is 24.9 Å². The fraction of sp³-hybridized carbons (Fsp3) is 0.533. The van der Waals surface area contributed by atoms with Gasteiger partial charge in [-0.25, -0.2) is 8.78 Å². The Labute approximate surface area is 118 Å². The van der Waals surface area contributed by atoms with Crippen molar-refractivity contribution in [2.24, 2.45) is 11.8 Å². The minimum atomic E-state index is -0.740. The van der Waals surface area contributed by atoms with Crippen LogP contribution in [0, 0.1) is 23.5 Å². The lowest BCUT2D eigenvalue weighted by Gasteiger charge is -2.18. The van der Waals surface area contributed by atoms with E-state index in [0.717, 1.165) is 18.6 Å². The number of halogens is 2. The number of anilines is 1. The van der Waals surface area contributed by atoms with Crippen LogP contribution < -0.4 is 5.32 Å². The van der Waals surface area contributed by atoms with Crippen molar-refractivity contribution in [2.45, 2.75) is 20.3 Å². The summed E-state index contributed by atoms with van der Waals surface area (Å²) in [5.74, 6) is -0.808. The Bertz CT molecular complexity index is 494. The quantitative estimate of drug-likeness (QED) is 0.923. The normalized spacial score (nSPS) is 18.7. The molecule has 0 bridgehead atoms. The van der Waals surface area contributed by atoms with Crippen LogP contribution in [-0.2, 0) is 0 Å². The lowest BCUT2D eigenvalue weighted by molar-refractivity contribution is 0.0783. The van der Waals surface area contributed by atoms with Gasteiger partial charge in [-0.05, 0) is 30.4 Å². The Hall–Kier alpha value is -1.65. The third-order valence-electron chi connectivity index (χ3n) is 3.99. The average Bonchev–Trinajstić information content (AvgIpc) is 2.87. The summed E-state index contributed by atoms with van der Waals surface area (Å²) in [4.78, 5) is 14.0. The van der Waals surface area contributed by atoms with Crippen LogP contribution >= 0.6 is 0 Å². The maximum absolute atomic E-state index is 13.7. The number of hydrogen-bond acceptors (Lipinski definition) is 2. The second-order valence-electron chi connectivity index (χ2n) is 5.61. The Balaban J connectivity index is 2.18. The van der Waals surface area contributed by atoms with Gasteiger partial charge >= 0.3 is 0 Å². The molecule has 1 aliphatic rings. The second-order valence-corrected chi connectivity index (χ2v) is 5.61. The number of benzene rings is 1. The number of carbonyl (C=O) groups is 1. The highest BCUT2D eigenvalue weighted by molar-refractivity contribution is 5.94. The average molecular weight is 282 g/mol. The van der Waals surface area contributed by atoms with E-state index in [9.17, 15) is 13.6 Å². The third kappa shape index (κ3) is 2.76. The van der Waals surface area contributed by atoms with Crippen molar-refractivity contribution in [2.75, 3.05) is 25.5 Å². The van der Waals surface area contributed by atoms with Crippen molar-refractivity contribution in [3.05, 3.63) is 29.3 Å². The van der Waals surface area contributed by atoms with E-state index in [1.807, 2.05) is 0 Å². The van der Waals surface area contributed by atoms with Crippen LogP contribution in [-0.4, -0.2) is 30.9 Å². The van der Waals surface area contributed by atoms with Crippen LogP contribution in [0.5, 0.6) is 0 Å². The van der Waals surface area contributed by atoms with Gasteiger partial charge in [0.05, 0.1) is 0 Å². The molecule has 1 atom stereocenters. The minimum Gasteiger partial charge on any atom is -0.383 e. The monoisotopic (exact) mass is 282 g/mol. The molecular weight excluding hydrogens is 262 g/mol. The standard InChI is InChI=1S/C15H20F2N2O/c1-9(2)10-4-5-19(8-10)15(20)11-6-12(16)14(18-3)13(17)7-11/h6-7,9-10,18H,4-5,8H2,1-3H3. The minimum absolute atomic E-state index is 0.0726. The van der Waals surface area contributed by atoms with Crippen molar-refractivity contribution in [1.82, 2.24) is 4.90 Å². The van der Waals surface area contributed by atoms with Gasteiger partial charge in [-0.1, -0.05) is 13.8 Å². The summed E-state index contributed by atoms with van der Waals surface area (Å²) in [5.41, 5.74) is -0.133. The van der Waals surface area contributed by atoms with Crippen LogP contribution in [0.15, 0.2) is 12.1 Å². The van der Waals surface area contributed by atoms with E-state index in [2.05, 4.69) is 19.2 Å². The van der Waals surface area contributed by atoms with Gasteiger partial charge in [0, 0.05) is 25.7 Å². The van der Waals surface area contributed by atoms with E-state index in [4.69, 9.17) is 0 Å². The van der Waals surface area contributed by atoms with Crippen molar-refractivity contribution < 1.29 is 13.6 Å². The van der Waals surface area contributed by atoms with Gasteiger partial charge in [-0.2, -0.15) is 0 Å². The summed E-state index contributed by atoms with van der Waals surface area (Å²) >= 11 is 0. The first-order valence-corrected chi connectivity index (χ1v) is 6.90. The molecule has 1 fully saturated rings. The predicted molar refractivity (Wildman–Crippen MR) is 74.8 cm³/mol. The Morgan fingerprint density at radius 2 is 1.95 bits per heavy atom. The molecule has 1 aromatic carbocycles. The maximum Gasteiger partial charge on any atom is 0.254 e. The Morgan fingerprint density at radius 3 is 2.40 bits per heavy atom. The first-order valence-electron chi connectivity index (χ1n) is 6.90. The highest BCUT2D eigenvalue weighted by atomic mass is 19.1. The molecule has 110 valence electrons. The topological polar surface area (TPSA) is 32.3 Å². The number of amides is 1. The van der Waals surface area contributed by atoms with Crippen molar-refractivity contribution >= 4 is 11.6 Å². The zero-order valence-electron chi connectivity index (χ0n) is 12.0. The molecule has 0 radical (unpaired) electrons. The summed E-state index contributed by atoms with van der Waals surface area (Å²) in [6.07, 6.45) is 0.947. The van der Waals surface area contributed by atoms with Crippen LogP contribution in [0.25, 0.3) is 0 Å². The van der Waals surface area contributed by atoms with Gasteiger partial charge in [0.15, 0.2) is 0 Å². The molecule has 1 heterocycles. The molecule has 0 spiro atoms. The van der Waals surface area contributed by atoms with Crippen molar-refractivity contribution in [1.29, 1.82) is 0 Å². The van der Waals surface area contributed by atoms with E-state index in [1.54, 1.807) is 4.90 Å². The van der Waals surface area contributed by atoms with Gasteiger partial charge in [0.2, 0.25) is 0 Å². The zero-order valence-corrected chi connectivity index (χ0v) is 12.0. The van der Waals surface area contributed by atoms with Gasteiger partial charge in [-0.3, -0.25) is 4.79 Å². The summed E-state index contributed by atoms with van der Waals surface area (Å²) < 4.78 is 27.4. The van der Waals surface area contributed by atoms with Crippen LogP contribution in [0.2, 0.25) is 0 Å². The molecule has 1 unspecified atom stereocenters. The number of nitrogens with zero attached hydrogens (tertiary/aromatic N) is 1. The largest absolute Gasteiger partial charge is 0.383 e. The molecule has 1 aromatic rings. The molecule has 1 amide bonds. The summed E-state index contributed by atoms with van der Waals surface area (Å²) in [6, 6.07) is 2.19. The number of rotatable bonds is 3. The van der Waals surface area contributed by atoms with E-state index in [-0.39, 0.29) is 17.2 Å². The molecule has 0 saturated carbocycles. The summed E-state index contributed by atoms with van der Waals surface area (Å²) in [6.45, 7) is 5.56. The lowest BCUT2D eigenvalue weighted by Crippen LogP contribution is -2.29. The molecule has 0 aliphatic carbocycles. The number of nitrogens with one attached hydrogen (secondary N) is 1. The first kappa shape index (κ1) is 14.8. The van der Waals surface area contributed by atoms with Crippen LogP contribution in [0.4, 0.5) is 14.5 Å². The number of likely N-dealkylation sites (tertiary alicyclic amines) is 1. The fourth-order valence-corrected chi connectivity index (χ4v) is 2.63. The molecule has 5 heteroatoms. The van der Waals surface area contributed by atoms with Gasteiger partial charge < -0.3 is 10.2 Å². The van der Waals surface area contributed by atoms with Gasteiger partial charge in [-0.15, -0.1) is 0 Å². The van der Waals surface area contributed by atoms with Crippen molar-refractivity contribution in [3.8, 4) is 0 Å². The molecule has 1 N–H and O–H groups in total. The lowest BCUT2D eigenvalue weighted by atomic mass is 9.95. The molecular formula is C15H20F2N2O. The maximum atomic E-state index is 13.7.